The van der Waals surface area contributed by atoms with Crippen molar-refractivity contribution in [3.05, 3.63) is 28.5 Å². The number of rotatable bonds is 2. The van der Waals surface area contributed by atoms with E-state index >= 15 is 0 Å². The van der Waals surface area contributed by atoms with Gasteiger partial charge in [0.1, 0.15) is 5.82 Å². The van der Waals surface area contributed by atoms with Crippen LogP contribution in [0.15, 0.2) is 22.7 Å². The molecular formula is C15H16BrClN2O. The Morgan fingerprint density at radius 1 is 1.45 bits per heavy atom. The lowest BCUT2D eigenvalue weighted by Crippen LogP contribution is -2.22. The number of fused-ring (bicyclic) bond motifs is 3. The van der Waals surface area contributed by atoms with Gasteiger partial charge in [-0.05, 0) is 44.4 Å². The lowest BCUT2D eigenvalue weighted by molar-refractivity contribution is 0.0939. The fraction of sp³-hybridized carbons (Fsp3) is 0.533. The average Bonchev–Trinajstić information content (AvgIpc) is 3.09. The molecule has 3 heterocycles. The number of alkyl halides is 1. The van der Waals surface area contributed by atoms with E-state index in [-0.39, 0.29) is 5.38 Å². The Labute approximate surface area is 131 Å². The van der Waals surface area contributed by atoms with E-state index in [4.69, 9.17) is 21.3 Å². The summed E-state index contributed by atoms with van der Waals surface area (Å²) in [6.07, 6.45) is 4.20. The van der Waals surface area contributed by atoms with Gasteiger partial charge in [-0.15, -0.1) is 11.6 Å². The third-order valence-electron chi connectivity index (χ3n) is 4.44. The molecular weight excluding hydrogens is 340 g/mol. The molecule has 4 unspecified atom stereocenters. The van der Waals surface area contributed by atoms with Gasteiger partial charge in [0.15, 0.2) is 0 Å². The molecule has 2 aromatic rings. The smallest absolute Gasteiger partial charge is 0.128 e. The molecule has 2 bridgehead atoms. The van der Waals surface area contributed by atoms with E-state index in [1.54, 1.807) is 0 Å². The lowest BCUT2D eigenvalue weighted by Gasteiger charge is -2.23. The number of benzene rings is 1. The maximum Gasteiger partial charge on any atom is 0.128 e. The molecule has 0 radical (unpaired) electrons. The zero-order chi connectivity index (χ0) is 13.9. The molecule has 1 aromatic heterocycles. The number of hydrogen-bond acceptors (Lipinski definition) is 2. The second-order valence-corrected chi connectivity index (χ2v) is 7.34. The minimum absolute atomic E-state index is 0.0969. The Balaban J connectivity index is 1.90. The highest BCUT2D eigenvalue weighted by atomic mass is 79.9. The third kappa shape index (κ3) is 1.92. The maximum absolute atomic E-state index is 6.36. The van der Waals surface area contributed by atoms with E-state index < -0.39 is 0 Å². The van der Waals surface area contributed by atoms with Crippen molar-refractivity contribution in [2.24, 2.45) is 0 Å². The van der Waals surface area contributed by atoms with Gasteiger partial charge in [-0.1, -0.05) is 15.9 Å². The first kappa shape index (κ1) is 13.1. The Bertz CT molecular complexity index is 669. The molecule has 0 amide bonds. The van der Waals surface area contributed by atoms with Crippen LogP contribution in [0.25, 0.3) is 11.0 Å². The summed E-state index contributed by atoms with van der Waals surface area (Å²) in [6, 6.07) is 6.64. The van der Waals surface area contributed by atoms with E-state index in [0.717, 1.165) is 34.2 Å². The highest BCUT2D eigenvalue weighted by Crippen LogP contribution is 2.44. The average molecular weight is 356 g/mol. The predicted octanol–water partition coefficient (Wildman–Crippen LogP) is 4.59. The molecule has 0 aliphatic carbocycles. The van der Waals surface area contributed by atoms with Crippen LogP contribution in [0.3, 0.4) is 0 Å². The van der Waals surface area contributed by atoms with Crippen LogP contribution in [-0.2, 0) is 4.74 Å². The van der Waals surface area contributed by atoms with Gasteiger partial charge in [0.2, 0.25) is 0 Å². The second kappa shape index (κ2) is 4.72. The van der Waals surface area contributed by atoms with Gasteiger partial charge in [0.05, 0.1) is 34.7 Å². The van der Waals surface area contributed by atoms with E-state index in [2.05, 4.69) is 38.7 Å². The Morgan fingerprint density at radius 2 is 2.30 bits per heavy atom. The standard InChI is InChI=1S/C15H16BrClN2O/c1-8(17)15-18-11-6-9(16)2-4-12(11)19(15)13-7-10-3-5-14(13)20-10/h2,4,6,8,10,13-14H,3,5,7H2,1H3. The van der Waals surface area contributed by atoms with Gasteiger partial charge in [0.25, 0.3) is 0 Å². The molecule has 106 valence electrons. The van der Waals surface area contributed by atoms with E-state index in [0.29, 0.717) is 18.2 Å². The summed E-state index contributed by atoms with van der Waals surface area (Å²) in [5.41, 5.74) is 2.17. The van der Waals surface area contributed by atoms with Crippen molar-refractivity contribution < 1.29 is 4.74 Å². The van der Waals surface area contributed by atoms with Crippen LogP contribution in [-0.4, -0.2) is 21.8 Å². The fourth-order valence-corrected chi connectivity index (χ4v) is 4.11. The molecule has 4 rings (SSSR count). The molecule has 2 fully saturated rings. The summed E-state index contributed by atoms with van der Waals surface area (Å²) in [7, 11) is 0. The van der Waals surface area contributed by atoms with Crippen molar-refractivity contribution in [3.63, 3.8) is 0 Å². The zero-order valence-corrected chi connectivity index (χ0v) is 13.6. The first-order valence-corrected chi connectivity index (χ1v) is 8.33. The molecule has 5 heteroatoms. The molecule has 2 aliphatic heterocycles. The molecule has 2 saturated heterocycles. The molecule has 20 heavy (non-hydrogen) atoms. The molecule has 2 aliphatic rings. The SMILES string of the molecule is CC(Cl)c1nc2cc(Br)ccc2n1C1CC2CCC1O2. The van der Waals surface area contributed by atoms with Gasteiger partial charge >= 0.3 is 0 Å². The van der Waals surface area contributed by atoms with E-state index in [1.807, 2.05) is 6.92 Å². The highest BCUT2D eigenvalue weighted by molar-refractivity contribution is 9.10. The molecule has 4 atom stereocenters. The summed E-state index contributed by atoms with van der Waals surface area (Å²) in [4.78, 5) is 4.75. The van der Waals surface area contributed by atoms with Crippen molar-refractivity contribution in [2.75, 3.05) is 0 Å². The minimum Gasteiger partial charge on any atom is -0.373 e. The monoisotopic (exact) mass is 354 g/mol. The number of halogens is 2. The predicted molar refractivity (Wildman–Crippen MR) is 83.3 cm³/mol. The van der Waals surface area contributed by atoms with Crippen molar-refractivity contribution in [3.8, 4) is 0 Å². The normalized spacial score (nSPS) is 30.2. The van der Waals surface area contributed by atoms with Crippen LogP contribution in [0.1, 0.15) is 43.4 Å². The number of nitrogens with zero attached hydrogens (tertiary/aromatic N) is 2. The van der Waals surface area contributed by atoms with Gasteiger partial charge in [-0.2, -0.15) is 0 Å². The Hall–Kier alpha value is -0.580. The van der Waals surface area contributed by atoms with Gasteiger partial charge in [-0.3, -0.25) is 0 Å². The fourth-order valence-electron chi connectivity index (χ4n) is 3.60. The van der Waals surface area contributed by atoms with Gasteiger partial charge < -0.3 is 9.30 Å². The molecule has 0 spiro atoms. The quantitative estimate of drug-likeness (QED) is 0.737. The number of imidazole rings is 1. The van der Waals surface area contributed by atoms with Crippen LogP contribution in [0.5, 0.6) is 0 Å². The van der Waals surface area contributed by atoms with Crippen molar-refractivity contribution in [1.29, 1.82) is 0 Å². The maximum atomic E-state index is 6.36. The minimum atomic E-state index is -0.0969. The first-order valence-electron chi connectivity index (χ1n) is 7.10. The second-order valence-electron chi connectivity index (χ2n) is 5.77. The lowest BCUT2D eigenvalue weighted by atomic mass is 9.95. The van der Waals surface area contributed by atoms with Crippen LogP contribution in [0.2, 0.25) is 0 Å². The summed E-state index contributed by atoms with van der Waals surface area (Å²) in [6.45, 7) is 1.99. The van der Waals surface area contributed by atoms with E-state index in [1.165, 1.54) is 6.42 Å². The summed E-state index contributed by atoms with van der Waals surface area (Å²) >= 11 is 9.88. The molecule has 3 nitrogen and oxygen atoms in total. The summed E-state index contributed by atoms with van der Waals surface area (Å²) in [5.74, 6) is 0.959. The van der Waals surface area contributed by atoms with Crippen LogP contribution < -0.4 is 0 Å². The van der Waals surface area contributed by atoms with Crippen molar-refractivity contribution in [1.82, 2.24) is 9.55 Å². The van der Waals surface area contributed by atoms with Gasteiger partial charge in [-0.25, -0.2) is 4.98 Å². The largest absolute Gasteiger partial charge is 0.373 e. The number of hydrogen-bond donors (Lipinski definition) is 0. The van der Waals surface area contributed by atoms with Crippen LogP contribution >= 0.6 is 27.5 Å². The summed E-state index contributed by atoms with van der Waals surface area (Å²) < 4.78 is 9.39. The molecule has 1 aromatic carbocycles. The topological polar surface area (TPSA) is 27.1 Å². The van der Waals surface area contributed by atoms with Crippen molar-refractivity contribution in [2.45, 2.75) is 49.8 Å². The number of ether oxygens (including phenoxy) is 1. The number of aromatic nitrogens is 2. The first-order chi connectivity index (χ1) is 9.63. The molecule has 0 N–H and O–H groups in total. The Morgan fingerprint density at radius 3 is 2.95 bits per heavy atom. The third-order valence-corrected chi connectivity index (χ3v) is 5.13. The molecule has 0 saturated carbocycles. The van der Waals surface area contributed by atoms with Crippen molar-refractivity contribution >= 4 is 38.6 Å². The van der Waals surface area contributed by atoms with Crippen LogP contribution in [0.4, 0.5) is 0 Å². The van der Waals surface area contributed by atoms with E-state index in [9.17, 15) is 0 Å². The highest BCUT2D eigenvalue weighted by Gasteiger charge is 2.43. The zero-order valence-electron chi connectivity index (χ0n) is 11.2. The summed E-state index contributed by atoms with van der Waals surface area (Å²) in [5, 5.41) is -0.0969. The van der Waals surface area contributed by atoms with Crippen LogP contribution in [0, 0.1) is 0 Å². The Kier molecular flexibility index (Phi) is 3.09. The van der Waals surface area contributed by atoms with Gasteiger partial charge in [0, 0.05) is 4.47 Å².